The fourth-order valence-corrected chi connectivity index (χ4v) is 3.00. The molecule has 0 aromatic rings. The number of hydrogen-bond acceptors (Lipinski definition) is 10. The second-order valence-corrected chi connectivity index (χ2v) is 6.26. The van der Waals surface area contributed by atoms with Crippen LogP contribution in [0, 0.1) is 0 Å². The number of rotatable bonds is 5. The van der Waals surface area contributed by atoms with Crippen LogP contribution < -0.4 is 0 Å². The Balaban J connectivity index is 2.27. The van der Waals surface area contributed by atoms with Crippen molar-refractivity contribution in [3.05, 3.63) is 0 Å². The average molecular weight is 382 g/mol. The molecule has 0 spiro atoms. The Morgan fingerprint density at radius 2 is 1.58 bits per heavy atom. The monoisotopic (exact) mass is 382 g/mol. The maximum Gasteiger partial charge on any atom is 0.335 e. The van der Waals surface area contributed by atoms with Crippen molar-refractivity contribution in [2.75, 3.05) is 7.11 Å². The third-order valence-corrected chi connectivity index (χ3v) is 4.33. The zero-order valence-corrected chi connectivity index (χ0v) is 14.0. The van der Waals surface area contributed by atoms with Crippen LogP contribution in [0.5, 0.6) is 0 Å². The summed E-state index contributed by atoms with van der Waals surface area (Å²) in [6.45, 7) is 1.53. The largest absolute Gasteiger partial charge is 0.479 e. The van der Waals surface area contributed by atoms with Gasteiger partial charge in [-0.2, -0.15) is 0 Å². The normalized spacial score (nSPS) is 43.0. The number of ether oxygens (including phenoxy) is 4. The molecule has 0 aromatic heterocycles. The van der Waals surface area contributed by atoms with Crippen LogP contribution >= 0.6 is 0 Å². The molecule has 2 saturated heterocycles. The first-order valence-corrected chi connectivity index (χ1v) is 7.76. The highest BCUT2D eigenvalue weighted by atomic mass is 16.8. The third-order valence-electron chi connectivity index (χ3n) is 4.33. The van der Waals surface area contributed by atoms with E-state index in [1.807, 2.05) is 0 Å². The predicted molar refractivity (Wildman–Crippen MR) is 77.7 cm³/mol. The van der Waals surface area contributed by atoms with Gasteiger partial charge >= 0.3 is 11.9 Å². The van der Waals surface area contributed by atoms with E-state index in [0.29, 0.717) is 0 Å². The highest BCUT2D eigenvalue weighted by molar-refractivity contribution is 5.74. The van der Waals surface area contributed by atoms with Crippen molar-refractivity contribution in [3.8, 4) is 0 Å². The lowest BCUT2D eigenvalue weighted by atomic mass is 9.94. The minimum absolute atomic E-state index is 0.0172. The van der Waals surface area contributed by atoms with Gasteiger partial charge in [0, 0.05) is 13.5 Å². The molecule has 2 rings (SSSR count). The molecule has 12 heteroatoms. The predicted octanol–water partition coefficient (Wildman–Crippen LogP) is -3.14. The zero-order chi connectivity index (χ0) is 19.8. The van der Waals surface area contributed by atoms with Crippen molar-refractivity contribution in [1.29, 1.82) is 0 Å². The summed E-state index contributed by atoms with van der Waals surface area (Å²) in [4.78, 5) is 22.6. The first-order chi connectivity index (χ1) is 12.0. The van der Waals surface area contributed by atoms with Gasteiger partial charge in [-0.05, 0) is 6.92 Å². The maximum atomic E-state index is 11.3. The van der Waals surface area contributed by atoms with Crippen LogP contribution in [0.1, 0.15) is 13.3 Å². The van der Waals surface area contributed by atoms with Gasteiger partial charge in [-0.15, -0.1) is 0 Å². The summed E-state index contributed by atoms with van der Waals surface area (Å²) < 4.78 is 20.1. The Hall–Kier alpha value is -1.38. The third kappa shape index (κ3) is 3.82. The van der Waals surface area contributed by atoms with Gasteiger partial charge in [0.1, 0.15) is 18.3 Å². The van der Waals surface area contributed by atoms with E-state index in [2.05, 4.69) is 0 Å². The molecule has 2 aliphatic rings. The van der Waals surface area contributed by atoms with Crippen LogP contribution in [-0.2, 0) is 28.5 Å². The number of aliphatic carboxylic acids is 2. The Morgan fingerprint density at radius 1 is 1.04 bits per heavy atom. The number of carboxylic acid groups (broad SMARTS) is 2. The average Bonchev–Trinajstić information content (AvgIpc) is 2.53. The van der Waals surface area contributed by atoms with Crippen LogP contribution in [-0.4, -0.2) is 104 Å². The number of hydrogen-bond donors (Lipinski definition) is 6. The Labute approximate surface area is 147 Å². The molecular weight excluding hydrogens is 360 g/mol. The Morgan fingerprint density at radius 3 is 2.08 bits per heavy atom. The quantitative estimate of drug-likeness (QED) is 0.262. The number of carboxylic acids is 2. The lowest BCUT2D eigenvalue weighted by Crippen LogP contribution is -2.70. The van der Waals surface area contributed by atoms with E-state index in [1.54, 1.807) is 0 Å². The van der Waals surface area contributed by atoms with Crippen LogP contribution in [0.4, 0.5) is 0 Å². The fraction of sp³-hybridized carbons (Fsp3) is 0.857. The van der Waals surface area contributed by atoms with Gasteiger partial charge < -0.3 is 49.6 Å². The molecule has 150 valence electrons. The Bertz CT molecular complexity index is 536. The molecule has 2 fully saturated rings. The molecule has 26 heavy (non-hydrogen) atoms. The lowest BCUT2D eigenvalue weighted by Gasteiger charge is -2.47. The molecule has 0 amide bonds. The van der Waals surface area contributed by atoms with Gasteiger partial charge in [0.25, 0.3) is 0 Å². The molecule has 2 unspecified atom stereocenters. The number of aliphatic hydroxyl groups excluding tert-OH is 2. The summed E-state index contributed by atoms with van der Waals surface area (Å²) in [6.07, 6.45) is -13.1. The standard InChI is InChI=1S/C14H22O12/c1-4-3-5(15)6(8(24-4)11(17)18)25-13-14(21,22)10(16)7(23-2)9(26-13)12(19)20/h4-10,13,15-16,21-22H,3H2,1-2H3,(H,17,18)(H,19,20)/t4-,5?,6-,7+,8+,9?,10-,13+/m0/s1. The minimum Gasteiger partial charge on any atom is -0.479 e. The van der Waals surface area contributed by atoms with E-state index in [-0.39, 0.29) is 6.42 Å². The minimum atomic E-state index is -3.14. The molecule has 0 bridgehead atoms. The second kappa shape index (κ2) is 7.70. The van der Waals surface area contributed by atoms with Crippen LogP contribution in [0.15, 0.2) is 0 Å². The highest BCUT2D eigenvalue weighted by Crippen LogP contribution is 2.34. The van der Waals surface area contributed by atoms with Gasteiger partial charge in [0.05, 0.1) is 12.2 Å². The van der Waals surface area contributed by atoms with Crippen molar-refractivity contribution in [2.24, 2.45) is 0 Å². The van der Waals surface area contributed by atoms with E-state index in [4.69, 9.17) is 18.9 Å². The van der Waals surface area contributed by atoms with Gasteiger partial charge in [0.15, 0.2) is 12.2 Å². The summed E-state index contributed by atoms with van der Waals surface area (Å²) >= 11 is 0. The SMILES string of the molecule is CO[C@@H]1C(C(=O)O)O[C@@H](O[C@H]2C(O)C[C@H](C)O[C@H]2C(=O)O)C(O)(O)[C@H]1O. The molecule has 0 aromatic carbocycles. The summed E-state index contributed by atoms with van der Waals surface area (Å²) in [6, 6.07) is 0. The summed E-state index contributed by atoms with van der Waals surface area (Å²) in [5, 5.41) is 58.8. The summed E-state index contributed by atoms with van der Waals surface area (Å²) in [5.74, 6) is -6.20. The van der Waals surface area contributed by atoms with Crippen LogP contribution in [0.3, 0.4) is 0 Å². The molecule has 8 atom stereocenters. The first kappa shape index (κ1) is 20.9. The summed E-state index contributed by atoms with van der Waals surface area (Å²) in [7, 11) is 1.03. The molecular formula is C14H22O12. The Kier molecular flexibility index (Phi) is 6.20. The summed E-state index contributed by atoms with van der Waals surface area (Å²) in [5.41, 5.74) is 0. The van der Waals surface area contributed by atoms with Crippen molar-refractivity contribution in [1.82, 2.24) is 0 Å². The highest BCUT2D eigenvalue weighted by Gasteiger charge is 2.59. The molecule has 12 nitrogen and oxygen atoms in total. The van der Waals surface area contributed by atoms with Gasteiger partial charge in [-0.3, -0.25) is 0 Å². The van der Waals surface area contributed by atoms with E-state index in [1.165, 1.54) is 6.92 Å². The van der Waals surface area contributed by atoms with E-state index in [9.17, 15) is 40.2 Å². The van der Waals surface area contributed by atoms with Crippen molar-refractivity contribution < 1.29 is 59.2 Å². The molecule has 2 heterocycles. The van der Waals surface area contributed by atoms with Crippen LogP contribution in [0.25, 0.3) is 0 Å². The van der Waals surface area contributed by atoms with E-state index in [0.717, 1.165) is 7.11 Å². The lowest BCUT2D eigenvalue weighted by molar-refractivity contribution is -0.414. The van der Waals surface area contributed by atoms with E-state index < -0.39 is 66.7 Å². The molecule has 0 saturated carbocycles. The van der Waals surface area contributed by atoms with Crippen LogP contribution in [0.2, 0.25) is 0 Å². The van der Waals surface area contributed by atoms with Gasteiger partial charge in [-0.1, -0.05) is 0 Å². The molecule has 2 aliphatic heterocycles. The topological polar surface area (TPSA) is 192 Å². The van der Waals surface area contributed by atoms with Crippen molar-refractivity contribution in [3.63, 3.8) is 0 Å². The number of carbonyl (C=O) groups is 2. The van der Waals surface area contributed by atoms with Gasteiger partial charge in [0.2, 0.25) is 12.1 Å². The maximum absolute atomic E-state index is 11.3. The molecule has 6 N–H and O–H groups in total. The zero-order valence-electron chi connectivity index (χ0n) is 14.0. The van der Waals surface area contributed by atoms with Gasteiger partial charge in [-0.25, -0.2) is 9.59 Å². The number of aliphatic hydroxyl groups is 4. The molecule has 0 radical (unpaired) electrons. The first-order valence-electron chi connectivity index (χ1n) is 7.76. The molecule has 0 aliphatic carbocycles. The van der Waals surface area contributed by atoms with Crippen molar-refractivity contribution >= 4 is 11.9 Å². The number of methoxy groups -OCH3 is 1. The smallest absolute Gasteiger partial charge is 0.335 e. The van der Waals surface area contributed by atoms with Crippen molar-refractivity contribution in [2.45, 2.75) is 68.1 Å². The fourth-order valence-electron chi connectivity index (χ4n) is 3.00. The van der Waals surface area contributed by atoms with E-state index >= 15 is 0 Å². The second-order valence-electron chi connectivity index (χ2n) is 6.26.